The van der Waals surface area contributed by atoms with E-state index in [0.29, 0.717) is 17.8 Å². The van der Waals surface area contributed by atoms with Gasteiger partial charge in [0, 0.05) is 19.3 Å². The summed E-state index contributed by atoms with van der Waals surface area (Å²) < 4.78 is 0. The van der Waals surface area contributed by atoms with Crippen LogP contribution in [0.1, 0.15) is 21.5 Å². The highest BCUT2D eigenvalue weighted by molar-refractivity contribution is 5.95. The Balaban J connectivity index is 2.41. The van der Waals surface area contributed by atoms with Gasteiger partial charge in [0.2, 0.25) is 0 Å². The number of nitrogens with two attached hydrogens (primary N) is 1. The topological polar surface area (TPSA) is 66.6 Å². The summed E-state index contributed by atoms with van der Waals surface area (Å²) >= 11 is 0. The van der Waals surface area contributed by atoms with Crippen molar-refractivity contribution in [2.24, 2.45) is 5.73 Å². The fourth-order valence-electron chi connectivity index (χ4n) is 2.11. The molecule has 0 saturated carbocycles. The number of carboxylic acids is 1. The van der Waals surface area contributed by atoms with E-state index in [1.165, 1.54) is 0 Å². The Morgan fingerprint density at radius 2 is 1.85 bits per heavy atom. The lowest BCUT2D eigenvalue weighted by Crippen LogP contribution is -2.14. The molecule has 0 aromatic heterocycles. The summed E-state index contributed by atoms with van der Waals surface area (Å²) in [5.41, 5.74) is 9.45. The third-order valence-electron chi connectivity index (χ3n) is 3.30. The van der Waals surface area contributed by atoms with E-state index in [1.54, 1.807) is 6.07 Å². The maximum Gasteiger partial charge on any atom is 0.337 e. The molecule has 20 heavy (non-hydrogen) atoms. The smallest absolute Gasteiger partial charge is 0.337 e. The lowest BCUT2D eigenvalue weighted by Gasteiger charge is -2.22. The number of nitrogens with zero attached hydrogens (tertiary/aromatic N) is 1. The number of aryl methyl sites for hydroxylation is 1. The van der Waals surface area contributed by atoms with Crippen LogP contribution in [-0.2, 0) is 6.54 Å². The van der Waals surface area contributed by atoms with Gasteiger partial charge in [-0.15, -0.1) is 0 Å². The van der Waals surface area contributed by atoms with Gasteiger partial charge in [0.25, 0.3) is 0 Å². The van der Waals surface area contributed by atoms with Gasteiger partial charge < -0.3 is 15.7 Å². The van der Waals surface area contributed by atoms with Gasteiger partial charge in [0.1, 0.15) is 0 Å². The first kappa shape index (κ1) is 14.1. The van der Waals surface area contributed by atoms with Crippen LogP contribution in [0.25, 0.3) is 0 Å². The standard InChI is InChI=1S/C16H18N2O2/c1-11-3-8-15(14(9-11)16(19)20)18(2)13-6-4-12(10-17)5-7-13/h3-9H,10,17H2,1-2H3,(H,19,20). The second-order valence-corrected chi connectivity index (χ2v) is 4.76. The van der Waals surface area contributed by atoms with Crippen LogP contribution >= 0.6 is 0 Å². The van der Waals surface area contributed by atoms with Crippen LogP contribution in [-0.4, -0.2) is 18.1 Å². The minimum atomic E-state index is -0.922. The predicted octanol–water partition coefficient (Wildman–Crippen LogP) is 2.92. The van der Waals surface area contributed by atoms with Gasteiger partial charge >= 0.3 is 5.97 Å². The summed E-state index contributed by atoms with van der Waals surface area (Å²) in [5, 5.41) is 9.32. The minimum Gasteiger partial charge on any atom is -0.478 e. The van der Waals surface area contributed by atoms with Gasteiger partial charge in [-0.3, -0.25) is 0 Å². The van der Waals surface area contributed by atoms with E-state index in [4.69, 9.17) is 5.73 Å². The first-order chi connectivity index (χ1) is 9.52. The van der Waals surface area contributed by atoms with Crippen molar-refractivity contribution in [2.75, 3.05) is 11.9 Å². The summed E-state index contributed by atoms with van der Waals surface area (Å²) in [7, 11) is 1.86. The van der Waals surface area contributed by atoms with Crippen LogP contribution in [0.15, 0.2) is 42.5 Å². The van der Waals surface area contributed by atoms with Crippen LogP contribution in [0, 0.1) is 6.92 Å². The highest BCUT2D eigenvalue weighted by Gasteiger charge is 2.14. The third-order valence-corrected chi connectivity index (χ3v) is 3.30. The zero-order chi connectivity index (χ0) is 14.7. The minimum absolute atomic E-state index is 0.301. The van der Waals surface area contributed by atoms with E-state index in [1.807, 2.05) is 55.3 Å². The second-order valence-electron chi connectivity index (χ2n) is 4.76. The van der Waals surface area contributed by atoms with Gasteiger partial charge in [-0.05, 0) is 36.8 Å². The highest BCUT2D eigenvalue weighted by atomic mass is 16.4. The van der Waals surface area contributed by atoms with E-state index >= 15 is 0 Å². The molecular formula is C16H18N2O2. The molecule has 2 aromatic carbocycles. The van der Waals surface area contributed by atoms with E-state index in [2.05, 4.69) is 0 Å². The molecule has 0 aliphatic rings. The van der Waals surface area contributed by atoms with E-state index in [-0.39, 0.29) is 0 Å². The van der Waals surface area contributed by atoms with Crippen molar-refractivity contribution in [3.05, 3.63) is 59.2 Å². The monoisotopic (exact) mass is 270 g/mol. The van der Waals surface area contributed by atoms with Gasteiger partial charge in [0.15, 0.2) is 0 Å². The Labute approximate surface area is 118 Å². The highest BCUT2D eigenvalue weighted by Crippen LogP contribution is 2.28. The van der Waals surface area contributed by atoms with Crippen molar-refractivity contribution >= 4 is 17.3 Å². The number of aromatic carboxylic acids is 1. The van der Waals surface area contributed by atoms with Crippen molar-refractivity contribution < 1.29 is 9.90 Å². The molecule has 0 aliphatic carbocycles. The molecule has 0 spiro atoms. The lowest BCUT2D eigenvalue weighted by atomic mass is 10.1. The number of benzene rings is 2. The van der Waals surface area contributed by atoms with Crippen LogP contribution in [0.3, 0.4) is 0 Å². The molecule has 0 bridgehead atoms. The van der Waals surface area contributed by atoms with Gasteiger partial charge in [0.05, 0.1) is 11.3 Å². The molecule has 2 aromatic rings. The van der Waals surface area contributed by atoms with Crippen LogP contribution < -0.4 is 10.6 Å². The molecule has 0 saturated heterocycles. The molecule has 2 rings (SSSR count). The van der Waals surface area contributed by atoms with Gasteiger partial charge in [-0.25, -0.2) is 4.79 Å². The summed E-state index contributed by atoms with van der Waals surface area (Å²) in [5.74, 6) is -0.922. The molecule has 0 unspecified atom stereocenters. The van der Waals surface area contributed by atoms with Crippen molar-refractivity contribution in [2.45, 2.75) is 13.5 Å². The Bertz CT molecular complexity index is 621. The lowest BCUT2D eigenvalue weighted by molar-refractivity contribution is 0.0697. The van der Waals surface area contributed by atoms with Crippen molar-refractivity contribution in [1.29, 1.82) is 0 Å². The normalized spacial score (nSPS) is 10.3. The van der Waals surface area contributed by atoms with E-state index in [9.17, 15) is 9.90 Å². The summed E-state index contributed by atoms with van der Waals surface area (Å²) in [6.45, 7) is 2.38. The molecule has 104 valence electrons. The van der Waals surface area contributed by atoms with Crippen LogP contribution in [0.5, 0.6) is 0 Å². The Kier molecular flexibility index (Phi) is 4.05. The maximum absolute atomic E-state index is 11.4. The molecule has 0 heterocycles. The summed E-state index contributed by atoms with van der Waals surface area (Å²) in [6, 6.07) is 13.2. The molecule has 3 N–H and O–H groups in total. The van der Waals surface area contributed by atoms with Crippen LogP contribution in [0.4, 0.5) is 11.4 Å². The van der Waals surface area contributed by atoms with Gasteiger partial charge in [-0.2, -0.15) is 0 Å². The second kappa shape index (κ2) is 5.75. The largest absolute Gasteiger partial charge is 0.478 e. The molecule has 0 atom stereocenters. The zero-order valence-electron chi connectivity index (χ0n) is 11.6. The average Bonchev–Trinajstić information content (AvgIpc) is 2.46. The molecule has 4 heteroatoms. The third kappa shape index (κ3) is 2.81. The van der Waals surface area contributed by atoms with Crippen LogP contribution in [0.2, 0.25) is 0 Å². The van der Waals surface area contributed by atoms with E-state index < -0.39 is 5.97 Å². The first-order valence-electron chi connectivity index (χ1n) is 6.39. The summed E-state index contributed by atoms with van der Waals surface area (Å²) in [4.78, 5) is 13.2. The fraction of sp³-hybridized carbons (Fsp3) is 0.188. The SMILES string of the molecule is Cc1ccc(N(C)c2ccc(CN)cc2)c(C(=O)O)c1. The van der Waals surface area contributed by atoms with Crippen molar-refractivity contribution in [3.63, 3.8) is 0 Å². The Hall–Kier alpha value is -2.33. The van der Waals surface area contributed by atoms with Crippen molar-refractivity contribution in [1.82, 2.24) is 0 Å². The molecule has 0 amide bonds. The number of hydrogen-bond acceptors (Lipinski definition) is 3. The molecule has 0 fully saturated rings. The average molecular weight is 270 g/mol. The number of hydrogen-bond donors (Lipinski definition) is 2. The number of carboxylic acid groups (broad SMARTS) is 1. The molecule has 4 nitrogen and oxygen atoms in total. The first-order valence-corrected chi connectivity index (χ1v) is 6.39. The molecule has 0 radical (unpaired) electrons. The number of rotatable bonds is 4. The Morgan fingerprint density at radius 3 is 2.40 bits per heavy atom. The predicted molar refractivity (Wildman–Crippen MR) is 80.5 cm³/mol. The summed E-state index contributed by atoms with van der Waals surface area (Å²) in [6.07, 6.45) is 0. The van der Waals surface area contributed by atoms with E-state index in [0.717, 1.165) is 16.8 Å². The fourth-order valence-corrected chi connectivity index (χ4v) is 2.11. The number of carbonyl (C=O) groups is 1. The zero-order valence-corrected chi connectivity index (χ0v) is 11.6. The molecular weight excluding hydrogens is 252 g/mol. The maximum atomic E-state index is 11.4. The molecule has 0 aliphatic heterocycles. The number of anilines is 2. The quantitative estimate of drug-likeness (QED) is 0.896. The Morgan fingerprint density at radius 1 is 1.20 bits per heavy atom. The van der Waals surface area contributed by atoms with Crippen molar-refractivity contribution in [3.8, 4) is 0 Å². The van der Waals surface area contributed by atoms with Gasteiger partial charge in [-0.1, -0.05) is 23.8 Å².